The second kappa shape index (κ2) is 7.73. The molecular formula is C14H20N4O5. The lowest BCUT2D eigenvalue weighted by Gasteiger charge is -2.25. The molecule has 5 N–H and O–H groups in total. The van der Waals surface area contributed by atoms with Crippen molar-refractivity contribution in [3.8, 4) is 0 Å². The van der Waals surface area contributed by atoms with E-state index in [9.17, 15) is 24.3 Å². The number of H-pyrrole nitrogens is 2. The fourth-order valence-corrected chi connectivity index (χ4v) is 2.56. The van der Waals surface area contributed by atoms with Crippen LogP contribution in [0.15, 0.2) is 15.8 Å². The molecule has 1 fully saturated rings. The van der Waals surface area contributed by atoms with E-state index >= 15 is 0 Å². The second-order valence-electron chi connectivity index (χ2n) is 5.54. The SMILES string of the molecule is O=C(N[C@@H](CO)C(=O)NC1CCCCC1)c1c[nH]c(=O)[nH]c1=O. The van der Waals surface area contributed by atoms with Crippen LogP contribution in [0.2, 0.25) is 0 Å². The summed E-state index contributed by atoms with van der Waals surface area (Å²) in [5, 5.41) is 14.4. The van der Waals surface area contributed by atoms with E-state index in [-0.39, 0.29) is 11.6 Å². The van der Waals surface area contributed by atoms with Crippen molar-refractivity contribution in [2.24, 2.45) is 0 Å². The maximum atomic E-state index is 12.1. The van der Waals surface area contributed by atoms with Gasteiger partial charge in [0.15, 0.2) is 0 Å². The van der Waals surface area contributed by atoms with Crippen LogP contribution in [-0.4, -0.2) is 45.6 Å². The maximum Gasteiger partial charge on any atom is 0.325 e. The third kappa shape index (κ3) is 4.52. The number of aromatic amines is 2. The van der Waals surface area contributed by atoms with Crippen LogP contribution in [-0.2, 0) is 4.79 Å². The summed E-state index contributed by atoms with van der Waals surface area (Å²) >= 11 is 0. The highest BCUT2D eigenvalue weighted by atomic mass is 16.3. The van der Waals surface area contributed by atoms with Gasteiger partial charge < -0.3 is 20.7 Å². The van der Waals surface area contributed by atoms with E-state index in [1.54, 1.807) is 0 Å². The smallest absolute Gasteiger partial charge is 0.325 e. The molecule has 9 heteroatoms. The van der Waals surface area contributed by atoms with Crippen LogP contribution < -0.4 is 21.9 Å². The summed E-state index contributed by atoms with van der Waals surface area (Å²) in [6, 6.07) is -1.12. The van der Waals surface area contributed by atoms with Crippen LogP contribution in [0.3, 0.4) is 0 Å². The molecule has 0 spiro atoms. The quantitative estimate of drug-likeness (QED) is 0.452. The third-order valence-electron chi connectivity index (χ3n) is 3.82. The molecule has 0 bridgehead atoms. The van der Waals surface area contributed by atoms with Crippen LogP contribution in [0.4, 0.5) is 0 Å². The van der Waals surface area contributed by atoms with Gasteiger partial charge in [0.05, 0.1) is 6.61 Å². The third-order valence-corrected chi connectivity index (χ3v) is 3.82. The van der Waals surface area contributed by atoms with Crippen molar-refractivity contribution < 1.29 is 14.7 Å². The van der Waals surface area contributed by atoms with Crippen LogP contribution in [0.5, 0.6) is 0 Å². The number of amides is 2. The lowest BCUT2D eigenvalue weighted by molar-refractivity contribution is -0.124. The zero-order valence-electron chi connectivity index (χ0n) is 12.6. The number of hydrogen-bond acceptors (Lipinski definition) is 5. The van der Waals surface area contributed by atoms with Gasteiger partial charge in [0.25, 0.3) is 11.5 Å². The fraction of sp³-hybridized carbons (Fsp3) is 0.571. The average Bonchev–Trinajstić information content (AvgIpc) is 2.53. The van der Waals surface area contributed by atoms with Gasteiger partial charge in [-0.2, -0.15) is 0 Å². The standard InChI is InChI=1S/C14H20N4O5/c19-7-10(13(22)16-8-4-2-1-3-5-8)17-11(20)9-6-15-14(23)18-12(9)21/h6,8,10,19H,1-5,7H2,(H,16,22)(H,17,20)(H2,15,18,21,23)/t10-/m0/s1. The van der Waals surface area contributed by atoms with Gasteiger partial charge in [0, 0.05) is 12.2 Å². The molecule has 0 unspecified atom stereocenters. The first-order valence-corrected chi connectivity index (χ1v) is 7.55. The Hall–Kier alpha value is -2.42. The van der Waals surface area contributed by atoms with E-state index in [2.05, 4.69) is 15.6 Å². The summed E-state index contributed by atoms with van der Waals surface area (Å²) in [6.45, 7) is -0.592. The molecule has 23 heavy (non-hydrogen) atoms. The zero-order valence-corrected chi connectivity index (χ0v) is 12.6. The topological polar surface area (TPSA) is 144 Å². The van der Waals surface area contributed by atoms with Crippen molar-refractivity contribution >= 4 is 11.8 Å². The molecule has 1 saturated carbocycles. The molecule has 0 radical (unpaired) electrons. The molecule has 1 aromatic rings. The van der Waals surface area contributed by atoms with Gasteiger partial charge in [-0.05, 0) is 12.8 Å². The Labute approximate surface area is 131 Å². The minimum atomic E-state index is -1.16. The van der Waals surface area contributed by atoms with Crippen LogP contribution >= 0.6 is 0 Å². The van der Waals surface area contributed by atoms with E-state index in [1.807, 2.05) is 4.98 Å². The van der Waals surface area contributed by atoms with Crippen molar-refractivity contribution in [3.05, 3.63) is 32.6 Å². The van der Waals surface area contributed by atoms with Gasteiger partial charge in [0.1, 0.15) is 11.6 Å². The molecular weight excluding hydrogens is 304 g/mol. The van der Waals surface area contributed by atoms with E-state index in [0.29, 0.717) is 0 Å². The molecule has 1 aliphatic rings. The second-order valence-corrected chi connectivity index (χ2v) is 5.54. The molecule has 2 rings (SSSR count). The van der Waals surface area contributed by atoms with Crippen molar-refractivity contribution in [1.82, 2.24) is 20.6 Å². The lowest BCUT2D eigenvalue weighted by atomic mass is 9.95. The number of hydrogen-bond donors (Lipinski definition) is 5. The molecule has 9 nitrogen and oxygen atoms in total. The molecule has 2 amide bonds. The number of nitrogens with one attached hydrogen (secondary N) is 4. The highest BCUT2D eigenvalue weighted by Crippen LogP contribution is 2.17. The largest absolute Gasteiger partial charge is 0.394 e. The van der Waals surface area contributed by atoms with Crippen LogP contribution in [0.25, 0.3) is 0 Å². The number of carbonyl (C=O) groups is 2. The summed E-state index contributed by atoms with van der Waals surface area (Å²) < 4.78 is 0. The molecule has 0 saturated heterocycles. The van der Waals surface area contributed by atoms with Crippen molar-refractivity contribution in [3.63, 3.8) is 0 Å². The fourth-order valence-electron chi connectivity index (χ4n) is 2.56. The molecule has 1 heterocycles. The Morgan fingerprint density at radius 3 is 2.57 bits per heavy atom. The van der Waals surface area contributed by atoms with E-state index < -0.39 is 35.7 Å². The number of aliphatic hydroxyl groups excluding tert-OH is 1. The maximum absolute atomic E-state index is 12.1. The number of carbonyl (C=O) groups excluding carboxylic acids is 2. The first kappa shape index (κ1) is 16.9. The van der Waals surface area contributed by atoms with Crippen LogP contribution in [0.1, 0.15) is 42.5 Å². The van der Waals surface area contributed by atoms with E-state index in [4.69, 9.17) is 0 Å². The predicted molar refractivity (Wildman–Crippen MR) is 81.0 cm³/mol. The predicted octanol–water partition coefficient (Wildman–Crippen LogP) is -1.40. The van der Waals surface area contributed by atoms with Gasteiger partial charge in [0.2, 0.25) is 5.91 Å². The zero-order chi connectivity index (χ0) is 16.8. The van der Waals surface area contributed by atoms with Gasteiger partial charge in [-0.15, -0.1) is 0 Å². The lowest BCUT2D eigenvalue weighted by Crippen LogP contribution is -2.52. The summed E-state index contributed by atoms with van der Waals surface area (Å²) in [7, 11) is 0. The number of rotatable bonds is 5. The summed E-state index contributed by atoms with van der Waals surface area (Å²) in [5.74, 6) is -1.34. The van der Waals surface area contributed by atoms with Gasteiger partial charge in [-0.1, -0.05) is 19.3 Å². The number of aliphatic hydroxyl groups is 1. The Bertz CT molecular complexity index is 674. The first-order chi connectivity index (χ1) is 11.0. The van der Waals surface area contributed by atoms with Gasteiger partial charge >= 0.3 is 5.69 Å². The number of aromatic nitrogens is 2. The van der Waals surface area contributed by atoms with E-state index in [1.165, 1.54) is 0 Å². The molecule has 1 atom stereocenters. The molecule has 1 aromatic heterocycles. The van der Waals surface area contributed by atoms with Gasteiger partial charge in [-0.3, -0.25) is 19.4 Å². The minimum Gasteiger partial charge on any atom is -0.394 e. The highest BCUT2D eigenvalue weighted by molar-refractivity contribution is 5.97. The van der Waals surface area contributed by atoms with Crippen molar-refractivity contribution in [2.45, 2.75) is 44.2 Å². The molecule has 0 aliphatic heterocycles. The average molecular weight is 324 g/mol. The Balaban J connectivity index is 2.00. The highest BCUT2D eigenvalue weighted by Gasteiger charge is 2.24. The van der Waals surface area contributed by atoms with Gasteiger partial charge in [-0.25, -0.2) is 4.79 Å². The monoisotopic (exact) mass is 324 g/mol. The first-order valence-electron chi connectivity index (χ1n) is 7.55. The normalized spacial score (nSPS) is 16.6. The summed E-state index contributed by atoms with van der Waals surface area (Å²) in [6.07, 6.45) is 5.92. The minimum absolute atomic E-state index is 0.0404. The summed E-state index contributed by atoms with van der Waals surface area (Å²) in [5.41, 5.74) is -1.94. The van der Waals surface area contributed by atoms with Crippen molar-refractivity contribution in [2.75, 3.05) is 6.61 Å². The van der Waals surface area contributed by atoms with E-state index in [0.717, 1.165) is 38.3 Å². The molecule has 126 valence electrons. The molecule has 1 aliphatic carbocycles. The Morgan fingerprint density at radius 2 is 1.96 bits per heavy atom. The summed E-state index contributed by atoms with van der Waals surface area (Å²) in [4.78, 5) is 50.7. The Kier molecular flexibility index (Phi) is 5.69. The van der Waals surface area contributed by atoms with Crippen LogP contribution in [0, 0.1) is 0 Å². The van der Waals surface area contributed by atoms with Crippen molar-refractivity contribution in [1.29, 1.82) is 0 Å². The molecule has 0 aromatic carbocycles. The Morgan fingerprint density at radius 1 is 1.26 bits per heavy atom.